The first kappa shape index (κ1) is 16.0. The Morgan fingerprint density at radius 1 is 1.35 bits per heavy atom. The van der Waals surface area contributed by atoms with Gasteiger partial charge in [-0.1, -0.05) is 48.7 Å². The summed E-state index contributed by atoms with van der Waals surface area (Å²) >= 11 is 3.32. The molecular weight excluding hydrogens is 317 g/mol. The molecular formula is C17H25BrFN. The lowest BCUT2D eigenvalue weighted by atomic mass is 9.90. The summed E-state index contributed by atoms with van der Waals surface area (Å²) in [6.45, 7) is 5.37. The minimum absolute atomic E-state index is 0.0904. The number of hydrogen-bond acceptors (Lipinski definition) is 1. The molecule has 0 spiro atoms. The molecule has 1 aromatic carbocycles. The van der Waals surface area contributed by atoms with Crippen LogP contribution >= 0.6 is 15.9 Å². The van der Waals surface area contributed by atoms with Gasteiger partial charge in [-0.25, -0.2) is 4.39 Å². The molecule has 20 heavy (non-hydrogen) atoms. The number of nitrogens with one attached hydrogen (secondary N) is 1. The van der Waals surface area contributed by atoms with Gasteiger partial charge >= 0.3 is 0 Å². The Hall–Kier alpha value is -0.410. The maximum atomic E-state index is 14.0. The molecule has 1 aliphatic carbocycles. The van der Waals surface area contributed by atoms with Gasteiger partial charge in [0, 0.05) is 10.5 Å². The highest BCUT2D eigenvalue weighted by atomic mass is 79.9. The van der Waals surface area contributed by atoms with Crippen molar-refractivity contribution in [3.05, 3.63) is 34.1 Å². The smallest absolute Gasteiger partial charge is 0.127 e. The van der Waals surface area contributed by atoms with Gasteiger partial charge in [-0.3, -0.25) is 0 Å². The lowest BCUT2D eigenvalue weighted by molar-refractivity contribution is 0.346. The number of benzene rings is 1. The summed E-state index contributed by atoms with van der Waals surface area (Å²) in [7, 11) is 0. The molecule has 0 amide bonds. The Balaban J connectivity index is 2.05. The summed E-state index contributed by atoms with van der Waals surface area (Å²) in [5, 5.41) is 3.58. The van der Waals surface area contributed by atoms with E-state index < -0.39 is 0 Å². The second kappa shape index (κ2) is 7.56. The molecule has 1 nitrogen and oxygen atoms in total. The van der Waals surface area contributed by atoms with Gasteiger partial charge in [-0.15, -0.1) is 0 Å². The molecule has 1 aromatic rings. The highest BCUT2D eigenvalue weighted by Gasteiger charge is 2.30. The predicted octanol–water partition coefficient (Wildman–Crippen LogP) is 4.94. The third kappa shape index (κ3) is 4.05. The van der Waals surface area contributed by atoms with Crippen LogP contribution in [-0.4, -0.2) is 12.6 Å². The molecule has 0 aliphatic heterocycles. The van der Waals surface area contributed by atoms with Crippen molar-refractivity contribution in [2.75, 3.05) is 6.54 Å². The first-order valence-electron chi connectivity index (χ1n) is 7.81. The number of rotatable bonds is 6. The van der Waals surface area contributed by atoms with E-state index in [-0.39, 0.29) is 5.82 Å². The number of likely N-dealkylation sites (N-methyl/N-ethyl adjacent to an activating group) is 1. The molecule has 1 saturated carbocycles. The number of hydrogen-bond donors (Lipinski definition) is 1. The van der Waals surface area contributed by atoms with Crippen molar-refractivity contribution in [1.29, 1.82) is 0 Å². The molecule has 2 rings (SSSR count). The molecule has 1 N–H and O–H groups in total. The van der Waals surface area contributed by atoms with E-state index in [1.54, 1.807) is 6.07 Å². The predicted molar refractivity (Wildman–Crippen MR) is 86.4 cm³/mol. The summed E-state index contributed by atoms with van der Waals surface area (Å²) in [5.41, 5.74) is 0.832. The van der Waals surface area contributed by atoms with Gasteiger partial charge in [-0.05, 0) is 55.3 Å². The van der Waals surface area contributed by atoms with Gasteiger partial charge in [0.2, 0.25) is 0 Å². The number of halogens is 2. The van der Waals surface area contributed by atoms with Crippen molar-refractivity contribution < 1.29 is 4.39 Å². The molecule has 1 aliphatic rings. The average molecular weight is 342 g/mol. The molecule has 0 bridgehead atoms. The Labute approximate surface area is 130 Å². The zero-order valence-corrected chi connectivity index (χ0v) is 14.0. The molecule has 0 saturated heterocycles. The van der Waals surface area contributed by atoms with Gasteiger partial charge < -0.3 is 5.32 Å². The van der Waals surface area contributed by atoms with Crippen LogP contribution in [0.25, 0.3) is 0 Å². The highest BCUT2D eigenvalue weighted by Crippen LogP contribution is 2.36. The normalized spacial score (nSPS) is 24.0. The van der Waals surface area contributed by atoms with Crippen LogP contribution in [0.1, 0.15) is 45.1 Å². The first-order valence-corrected chi connectivity index (χ1v) is 8.60. The molecule has 3 atom stereocenters. The topological polar surface area (TPSA) is 12.0 Å². The minimum atomic E-state index is -0.0904. The molecule has 0 radical (unpaired) electrons. The molecule has 0 heterocycles. The Bertz CT molecular complexity index is 435. The van der Waals surface area contributed by atoms with Gasteiger partial charge in [0.1, 0.15) is 5.82 Å². The van der Waals surface area contributed by atoms with Crippen molar-refractivity contribution in [1.82, 2.24) is 5.32 Å². The van der Waals surface area contributed by atoms with Crippen LogP contribution < -0.4 is 5.32 Å². The summed E-state index contributed by atoms with van der Waals surface area (Å²) in [5.74, 6) is 1.48. The van der Waals surface area contributed by atoms with Gasteiger partial charge in [-0.2, -0.15) is 0 Å². The lowest BCUT2D eigenvalue weighted by Crippen LogP contribution is -2.37. The monoisotopic (exact) mass is 341 g/mol. The van der Waals surface area contributed by atoms with Crippen molar-refractivity contribution in [3.63, 3.8) is 0 Å². The van der Waals surface area contributed by atoms with Crippen LogP contribution in [0.15, 0.2) is 22.7 Å². The summed E-state index contributed by atoms with van der Waals surface area (Å²) in [4.78, 5) is 0. The van der Waals surface area contributed by atoms with Crippen LogP contribution in [0.5, 0.6) is 0 Å². The van der Waals surface area contributed by atoms with E-state index >= 15 is 0 Å². The summed E-state index contributed by atoms with van der Waals surface area (Å²) < 4.78 is 14.8. The SMILES string of the molecule is CCNC(Cc1ccc(Br)cc1F)C1CCC(CC)C1. The van der Waals surface area contributed by atoms with Crippen molar-refractivity contribution >= 4 is 15.9 Å². The molecule has 3 heteroatoms. The third-order valence-electron chi connectivity index (χ3n) is 4.65. The maximum absolute atomic E-state index is 14.0. The lowest BCUT2D eigenvalue weighted by Gasteiger charge is -2.25. The fourth-order valence-electron chi connectivity index (χ4n) is 3.44. The van der Waals surface area contributed by atoms with Gasteiger partial charge in [0.05, 0.1) is 0 Å². The fraction of sp³-hybridized carbons (Fsp3) is 0.647. The highest BCUT2D eigenvalue weighted by molar-refractivity contribution is 9.10. The van der Waals surface area contributed by atoms with E-state index in [9.17, 15) is 4.39 Å². The second-order valence-corrected chi connectivity index (χ2v) is 6.87. The van der Waals surface area contributed by atoms with Crippen LogP contribution in [-0.2, 0) is 6.42 Å². The molecule has 1 fully saturated rings. The van der Waals surface area contributed by atoms with Crippen molar-refractivity contribution in [2.45, 2.75) is 52.0 Å². The minimum Gasteiger partial charge on any atom is -0.314 e. The molecule has 0 aromatic heterocycles. The van der Waals surface area contributed by atoms with Crippen LogP contribution in [0.3, 0.4) is 0 Å². The Kier molecular flexibility index (Phi) is 6.03. The standard InChI is InChI=1S/C17H25BrFN/c1-3-12-5-6-14(9-12)17(20-4-2)10-13-7-8-15(18)11-16(13)19/h7-8,11-12,14,17,20H,3-6,9-10H2,1-2H3. The quantitative estimate of drug-likeness (QED) is 0.772. The van der Waals surface area contributed by atoms with E-state index in [4.69, 9.17) is 0 Å². The van der Waals surface area contributed by atoms with Crippen molar-refractivity contribution in [3.8, 4) is 0 Å². The largest absolute Gasteiger partial charge is 0.314 e. The van der Waals surface area contributed by atoms with Crippen LogP contribution in [0.4, 0.5) is 4.39 Å². The van der Waals surface area contributed by atoms with E-state index in [1.165, 1.54) is 25.7 Å². The van der Waals surface area contributed by atoms with Crippen LogP contribution in [0.2, 0.25) is 0 Å². The Morgan fingerprint density at radius 3 is 2.75 bits per heavy atom. The maximum Gasteiger partial charge on any atom is 0.127 e. The molecule has 3 unspecified atom stereocenters. The van der Waals surface area contributed by atoms with Crippen molar-refractivity contribution in [2.24, 2.45) is 11.8 Å². The fourth-order valence-corrected chi connectivity index (χ4v) is 3.77. The van der Waals surface area contributed by atoms with Gasteiger partial charge in [0.25, 0.3) is 0 Å². The van der Waals surface area contributed by atoms with E-state index in [0.717, 1.165) is 28.9 Å². The zero-order valence-electron chi connectivity index (χ0n) is 12.5. The van der Waals surface area contributed by atoms with E-state index in [2.05, 4.69) is 35.1 Å². The van der Waals surface area contributed by atoms with E-state index in [0.29, 0.717) is 12.0 Å². The van der Waals surface area contributed by atoms with Gasteiger partial charge in [0.15, 0.2) is 0 Å². The Morgan fingerprint density at radius 2 is 2.15 bits per heavy atom. The van der Waals surface area contributed by atoms with E-state index in [1.807, 2.05) is 12.1 Å². The summed E-state index contributed by atoms with van der Waals surface area (Å²) in [6, 6.07) is 5.83. The third-order valence-corrected chi connectivity index (χ3v) is 5.14. The first-order chi connectivity index (χ1) is 9.63. The zero-order chi connectivity index (χ0) is 14.5. The molecule has 112 valence electrons. The second-order valence-electron chi connectivity index (χ2n) is 5.95. The van der Waals surface area contributed by atoms with Crippen LogP contribution in [0, 0.1) is 17.7 Å². The summed E-state index contributed by atoms with van der Waals surface area (Å²) in [6.07, 6.45) is 6.00. The average Bonchev–Trinajstić information content (AvgIpc) is 2.90.